The highest BCUT2D eigenvalue weighted by atomic mass is 35.5. The number of rotatable bonds is 4. The van der Waals surface area contributed by atoms with Crippen molar-refractivity contribution in [1.29, 1.82) is 0 Å². The minimum absolute atomic E-state index is 0.129. The quantitative estimate of drug-likeness (QED) is 0.556. The SMILES string of the molecule is CSc1ccccc1C(Cl)Cc1cccc(F)c1. The first-order valence-corrected chi connectivity index (χ1v) is 7.38. The van der Waals surface area contributed by atoms with Crippen molar-refractivity contribution in [3.8, 4) is 0 Å². The lowest BCUT2D eigenvalue weighted by Crippen LogP contribution is -1.98. The largest absolute Gasteiger partial charge is 0.207 e. The van der Waals surface area contributed by atoms with Gasteiger partial charge >= 0.3 is 0 Å². The highest BCUT2D eigenvalue weighted by Crippen LogP contribution is 2.32. The summed E-state index contributed by atoms with van der Waals surface area (Å²) in [6.45, 7) is 0. The fourth-order valence-electron chi connectivity index (χ4n) is 1.91. The highest BCUT2D eigenvalue weighted by Gasteiger charge is 2.12. The lowest BCUT2D eigenvalue weighted by Gasteiger charge is -2.13. The van der Waals surface area contributed by atoms with Gasteiger partial charge in [0.25, 0.3) is 0 Å². The van der Waals surface area contributed by atoms with Gasteiger partial charge in [-0.1, -0.05) is 30.3 Å². The number of hydrogen-bond donors (Lipinski definition) is 0. The van der Waals surface area contributed by atoms with E-state index >= 15 is 0 Å². The van der Waals surface area contributed by atoms with E-state index < -0.39 is 0 Å². The van der Waals surface area contributed by atoms with Crippen LogP contribution in [0.1, 0.15) is 16.5 Å². The second-order valence-corrected chi connectivity index (χ2v) is 5.42. The van der Waals surface area contributed by atoms with Crippen molar-refractivity contribution in [2.45, 2.75) is 16.7 Å². The zero-order valence-electron chi connectivity index (χ0n) is 10.1. The zero-order chi connectivity index (χ0) is 13.0. The van der Waals surface area contributed by atoms with E-state index in [0.29, 0.717) is 6.42 Å². The molecule has 0 nitrogen and oxygen atoms in total. The molecule has 0 N–H and O–H groups in total. The molecule has 3 heteroatoms. The molecule has 0 saturated carbocycles. The normalized spacial score (nSPS) is 12.4. The predicted molar refractivity (Wildman–Crippen MR) is 76.9 cm³/mol. The van der Waals surface area contributed by atoms with E-state index in [9.17, 15) is 4.39 Å². The van der Waals surface area contributed by atoms with Crippen molar-refractivity contribution in [3.63, 3.8) is 0 Å². The van der Waals surface area contributed by atoms with Crippen molar-refractivity contribution in [3.05, 3.63) is 65.5 Å². The summed E-state index contributed by atoms with van der Waals surface area (Å²) in [6, 6.07) is 14.7. The third-order valence-corrected chi connectivity index (χ3v) is 3.98. The van der Waals surface area contributed by atoms with Crippen molar-refractivity contribution in [1.82, 2.24) is 0 Å². The highest BCUT2D eigenvalue weighted by molar-refractivity contribution is 7.98. The molecule has 18 heavy (non-hydrogen) atoms. The van der Waals surface area contributed by atoms with E-state index in [4.69, 9.17) is 11.6 Å². The number of hydrogen-bond acceptors (Lipinski definition) is 1. The molecule has 0 fully saturated rings. The average Bonchev–Trinajstić information content (AvgIpc) is 2.38. The van der Waals surface area contributed by atoms with Crippen molar-refractivity contribution < 1.29 is 4.39 Å². The molecule has 0 saturated heterocycles. The number of thioether (sulfide) groups is 1. The van der Waals surface area contributed by atoms with E-state index in [-0.39, 0.29) is 11.2 Å². The van der Waals surface area contributed by atoms with Crippen molar-refractivity contribution in [2.75, 3.05) is 6.26 Å². The van der Waals surface area contributed by atoms with Gasteiger partial charge in [-0.3, -0.25) is 0 Å². The first-order chi connectivity index (χ1) is 8.70. The van der Waals surface area contributed by atoms with Gasteiger partial charge in [-0.15, -0.1) is 23.4 Å². The van der Waals surface area contributed by atoms with Crippen LogP contribution in [0.5, 0.6) is 0 Å². The monoisotopic (exact) mass is 280 g/mol. The Kier molecular flexibility index (Phi) is 4.67. The second kappa shape index (κ2) is 6.26. The van der Waals surface area contributed by atoms with Crippen LogP contribution in [-0.2, 0) is 6.42 Å². The third-order valence-electron chi connectivity index (χ3n) is 2.78. The molecular formula is C15H14ClFS. The molecule has 0 heterocycles. The molecule has 2 aromatic carbocycles. The lowest BCUT2D eigenvalue weighted by molar-refractivity contribution is 0.625. The van der Waals surface area contributed by atoms with Crippen LogP contribution in [0.4, 0.5) is 4.39 Å². The Bertz CT molecular complexity index is 527. The van der Waals surface area contributed by atoms with E-state index in [1.807, 2.05) is 30.5 Å². The molecule has 0 bridgehead atoms. The fraction of sp³-hybridized carbons (Fsp3) is 0.200. The van der Waals surface area contributed by atoms with Gasteiger partial charge in [0.2, 0.25) is 0 Å². The molecule has 0 aliphatic rings. The van der Waals surface area contributed by atoms with Gasteiger partial charge in [0.15, 0.2) is 0 Å². The Morgan fingerprint density at radius 3 is 2.67 bits per heavy atom. The number of halogens is 2. The molecular weight excluding hydrogens is 267 g/mol. The molecule has 94 valence electrons. The molecule has 1 atom stereocenters. The maximum Gasteiger partial charge on any atom is 0.123 e. The molecule has 2 rings (SSSR count). The molecule has 0 aliphatic carbocycles. The molecule has 1 unspecified atom stereocenters. The number of benzene rings is 2. The van der Waals surface area contributed by atoms with Crippen molar-refractivity contribution >= 4 is 23.4 Å². The van der Waals surface area contributed by atoms with Gasteiger partial charge in [-0.2, -0.15) is 0 Å². The van der Waals surface area contributed by atoms with Gasteiger partial charge in [-0.25, -0.2) is 4.39 Å². The number of alkyl halides is 1. The Morgan fingerprint density at radius 2 is 1.94 bits per heavy atom. The van der Waals surface area contributed by atoms with Crippen LogP contribution in [0.15, 0.2) is 53.4 Å². The molecule has 0 aromatic heterocycles. The summed E-state index contributed by atoms with van der Waals surface area (Å²) in [5.41, 5.74) is 2.03. The molecule has 0 amide bonds. The molecule has 0 aliphatic heterocycles. The summed E-state index contributed by atoms with van der Waals surface area (Å²) in [4.78, 5) is 1.17. The summed E-state index contributed by atoms with van der Waals surface area (Å²) >= 11 is 8.12. The van der Waals surface area contributed by atoms with Crippen LogP contribution in [0.3, 0.4) is 0 Å². The Morgan fingerprint density at radius 1 is 1.17 bits per heavy atom. The lowest BCUT2D eigenvalue weighted by atomic mass is 10.0. The summed E-state index contributed by atoms with van der Waals surface area (Å²) in [5.74, 6) is -0.213. The topological polar surface area (TPSA) is 0 Å². The van der Waals surface area contributed by atoms with Gasteiger partial charge in [0.1, 0.15) is 5.82 Å². The van der Waals surface area contributed by atoms with Crippen LogP contribution in [-0.4, -0.2) is 6.26 Å². The average molecular weight is 281 g/mol. The third kappa shape index (κ3) is 3.27. The van der Waals surface area contributed by atoms with Crippen molar-refractivity contribution in [2.24, 2.45) is 0 Å². The van der Waals surface area contributed by atoms with Crippen LogP contribution in [0.25, 0.3) is 0 Å². The summed E-state index contributed by atoms with van der Waals surface area (Å²) in [7, 11) is 0. The van der Waals surface area contributed by atoms with E-state index in [2.05, 4.69) is 6.07 Å². The molecule has 0 spiro atoms. The van der Waals surface area contributed by atoms with Gasteiger partial charge in [-0.05, 0) is 42.0 Å². The van der Waals surface area contributed by atoms with E-state index in [1.165, 1.54) is 17.0 Å². The second-order valence-electron chi connectivity index (χ2n) is 4.04. The van der Waals surface area contributed by atoms with Crippen LogP contribution >= 0.6 is 23.4 Å². The zero-order valence-corrected chi connectivity index (χ0v) is 11.6. The Labute approximate surface area is 116 Å². The maximum absolute atomic E-state index is 13.1. The standard InChI is InChI=1S/C15H14ClFS/c1-18-15-8-3-2-7-13(15)14(16)10-11-5-4-6-12(17)9-11/h2-9,14H,10H2,1H3. The minimum atomic E-state index is -0.213. The smallest absolute Gasteiger partial charge is 0.123 e. The van der Waals surface area contributed by atoms with Gasteiger partial charge in [0, 0.05) is 4.90 Å². The summed E-state index contributed by atoms with van der Waals surface area (Å²) in [6.07, 6.45) is 2.67. The minimum Gasteiger partial charge on any atom is -0.207 e. The maximum atomic E-state index is 13.1. The predicted octanol–water partition coefficient (Wildman–Crippen LogP) is 5.07. The summed E-state index contributed by atoms with van der Waals surface area (Å²) < 4.78 is 13.1. The van der Waals surface area contributed by atoms with Gasteiger partial charge in [0.05, 0.1) is 5.38 Å². The Balaban J connectivity index is 2.19. The summed E-state index contributed by atoms with van der Waals surface area (Å²) in [5, 5.41) is -0.129. The van der Waals surface area contributed by atoms with E-state index in [1.54, 1.807) is 17.8 Å². The first kappa shape index (κ1) is 13.4. The first-order valence-electron chi connectivity index (χ1n) is 5.72. The Hall–Kier alpha value is -0.990. The molecule has 0 radical (unpaired) electrons. The van der Waals surface area contributed by atoms with E-state index in [0.717, 1.165) is 11.1 Å². The van der Waals surface area contributed by atoms with Crippen LogP contribution in [0.2, 0.25) is 0 Å². The van der Waals surface area contributed by atoms with Crippen LogP contribution in [0, 0.1) is 5.82 Å². The van der Waals surface area contributed by atoms with Crippen LogP contribution < -0.4 is 0 Å². The fourth-order valence-corrected chi connectivity index (χ4v) is 3.00. The molecule has 2 aromatic rings. The van der Waals surface area contributed by atoms with Gasteiger partial charge < -0.3 is 0 Å².